The third-order valence-corrected chi connectivity index (χ3v) is 5.70. The summed E-state index contributed by atoms with van der Waals surface area (Å²) in [6.45, 7) is 2.65. The number of hydrogen-bond donors (Lipinski definition) is 1. The Bertz CT molecular complexity index is 808. The highest BCUT2D eigenvalue weighted by Crippen LogP contribution is 2.34. The van der Waals surface area contributed by atoms with Crippen LogP contribution in [0.5, 0.6) is 0 Å². The molecular weight excluding hydrogens is 334 g/mol. The van der Waals surface area contributed by atoms with E-state index in [2.05, 4.69) is 74.9 Å². The molecule has 0 aliphatic carbocycles. The molecule has 1 aliphatic rings. The molecule has 2 aromatic heterocycles. The van der Waals surface area contributed by atoms with Crippen LogP contribution in [0.2, 0.25) is 0 Å². The molecule has 1 aliphatic heterocycles. The Morgan fingerprint density at radius 3 is 2.75 bits per heavy atom. The second kappa shape index (κ2) is 6.79. The van der Waals surface area contributed by atoms with Gasteiger partial charge in [-0.1, -0.05) is 36.4 Å². The summed E-state index contributed by atoms with van der Waals surface area (Å²) < 4.78 is 2.33. The number of benzene rings is 1. The quantitative estimate of drug-likeness (QED) is 0.718. The van der Waals surface area contributed by atoms with Gasteiger partial charge in [0.1, 0.15) is 6.04 Å². The summed E-state index contributed by atoms with van der Waals surface area (Å²) in [5.41, 5.74) is 2.56. The van der Waals surface area contributed by atoms with E-state index in [9.17, 15) is 0 Å². The summed E-state index contributed by atoms with van der Waals surface area (Å²) in [7, 11) is 0. The maximum Gasteiger partial charge on any atom is 0.170 e. The fourth-order valence-corrected chi connectivity index (χ4v) is 4.34. The van der Waals surface area contributed by atoms with E-state index < -0.39 is 0 Å². The fraction of sp³-hybridized carbons (Fsp3) is 0.211. The third-order valence-electron chi connectivity index (χ3n) is 4.40. The van der Waals surface area contributed by atoms with Gasteiger partial charge in [0.25, 0.3) is 0 Å². The van der Waals surface area contributed by atoms with Crippen LogP contribution in [0.1, 0.15) is 22.2 Å². The first-order valence-corrected chi connectivity index (χ1v) is 9.38. The van der Waals surface area contributed by atoms with Crippen molar-refractivity contribution in [3.63, 3.8) is 0 Å². The second-order valence-electron chi connectivity index (χ2n) is 5.88. The molecule has 0 fully saturated rings. The molecule has 1 N–H and O–H groups in total. The summed E-state index contributed by atoms with van der Waals surface area (Å²) in [6, 6.07) is 19.2. The van der Waals surface area contributed by atoms with Crippen LogP contribution in [0.15, 0.2) is 66.2 Å². The standard InChI is InChI=1S/C19H19N3S2/c23-19(20-14-15-6-2-1-3-7-15)22-12-11-21-10-4-8-16(21)18(22)17-9-5-13-24-17/h1-10,13,18H,11-12,14H2,(H,20,23). The van der Waals surface area contributed by atoms with Crippen LogP contribution in [-0.2, 0) is 13.1 Å². The van der Waals surface area contributed by atoms with Crippen molar-refractivity contribution in [2.75, 3.05) is 6.54 Å². The van der Waals surface area contributed by atoms with Crippen molar-refractivity contribution in [1.29, 1.82) is 0 Å². The largest absolute Gasteiger partial charge is 0.358 e. The Morgan fingerprint density at radius 1 is 1.08 bits per heavy atom. The smallest absolute Gasteiger partial charge is 0.170 e. The zero-order valence-corrected chi connectivity index (χ0v) is 14.9. The highest BCUT2D eigenvalue weighted by atomic mass is 32.1. The Morgan fingerprint density at radius 2 is 1.96 bits per heavy atom. The van der Waals surface area contributed by atoms with Gasteiger partial charge in [0, 0.05) is 36.4 Å². The maximum atomic E-state index is 5.74. The van der Waals surface area contributed by atoms with Crippen molar-refractivity contribution in [2.45, 2.75) is 19.1 Å². The lowest BCUT2D eigenvalue weighted by Crippen LogP contribution is -2.46. The lowest BCUT2D eigenvalue weighted by atomic mass is 10.1. The molecule has 5 heteroatoms. The zero-order chi connectivity index (χ0) is 16.4. The van der Waals surface area contributed by atoms with E-state index in [0.29, 0.717) is 0 Å². The zero-order valence-electron chi connectivity index (χ0n) is 13.3. The highest BCUT2D eigenvalue weighted by molar-refractivity contribution is 7.80. The Balaban J connectivity index is 1.56. The number of thiophene rings is 1. The van der Waals surface area contributed by atoms with Gasteiger partial charge in [0.2, 0.25) is 0 Å². The van der Waals surface area contributed by atoms with E-state index >= 15 is 0 Å². The van der Waals surface area contributed by atoms with Gasteiger partial charge in [0.15, 0.2) is 5.11 Å². The van der Waals surface area contributed by atoms with Crippen LogP contribution in [0.25, 0.3) is 0 Å². The predicted octanol–water partition coefficient (Wildman–Crippen LogP) is 4.03. The molecule has 4 rings (SSSR count). The van der Waals surface area contributed by atoms with E-state index in [4.69, 9.17) is 12.2 Å². The van der Waals surface area contributed by atoms with Crippen molar-refractivity contribution in [2.24, 2.45) is 0 Å². The third kappa shape index (κ3) is 2.97. The monoisotopic (exact) mass is 353 g/mol. The minimum atomic E-state index is 0.199. The van der Waals surface area contributed by atoms with Gasteiger partial charge in [0.05, 0.1) is 0 Å². The van der Waals surface area contributed by atoms with Gasteiger partial charge in [-0.3, -0.25) is 0 Å². The van der Waals surface area contributed by atoms with Gasteiger partial charge >= 0.3 is 0 Å². The van der Waals surface area contributed by atoms with Crippen LogP contribution >= 0.6 is 23.6 Å². The van der Waals surface area contributed by atoms with Crippen molar-refractivity contribution in [3.05, 3.63) is 82.3 Å². The maximum absolute atomic E-state index is 5.74. The lowest BCUT2D eigenvalue weighted by Gasteiger charge is -2.38. The van der Waals surface area contributed by atoms with Gasteiger partial charge < -0.3 is 14.8 Å². The predicted molar refractivity (Wildman–Crippen MR) is 103 cm³/mol. The summed E-state index contributed by atoms with van der Waals surface area (Å²) in [6.07, 6.45) is 2.16. The first-order chi connectivity index (χ1) is 11.8. The summed E-state index contributed by atoms with van der Waals surface area (Å²) in [4.78, 5) is 3.65. The van der Waals surface area contributed by atoms with Crippen LogP contribution in [-0.4, -0.2) is 21.1 Å². The molecule has 0 amide bonds. The average molecular weight is 354 g/mol. The summed E-state index contributed by atoms with van der Waals surface area (Å²) in [5.74, 6) is 0. The first kappa shape index (κ1) is 15.4. The molecule has 1 aromatic carbocycles. The molecule has 3 nitrogen and oxygen atoms in total. The second-order valence-corrected chi connectivity index (χ2v) is 7.25. The molecule has 122 valence electrons. The number of hydrogen-bond acceptors (Lipinski definition) is 2. The summed E-state index contributed by atoms with van der Waals surface area (Å²) >= 11 is 7.53. The van der Waals surface area contributed by atoms with Gasteiger partial charge in [-0.15, -0.1) is 11.3 Å². The molecule has 1 atom stereocenters. The molecule has 24 heavy (non-hydrogen) atoms. The first-order valence-electron chi connectivity index (χ1n) is 8.10. The lowest BCUT2D eigenvalue weighted by molar-refractivity contribution is 0.289. The number of nitrogens with zero attached hydrogens (tertiary/aromatic N) is 2. The normalized spacial score (nSPS) is 16.7. The molecule has 3 heterocycles. The van der Waals surface area contributed by atoms with Gasteiger partial charge in [-0.05, 0) is 41.4 Å². The van der Waals surface area contributed by atoms with Crippen molar-refractivity contribution in [1.82, 2.24) is 14.8 Å². The minimum Gasteiger partial charge on any atom is -0.358 e. The van der Waals surface area contributed by atoms with Gasteiger partial charge in [-0.2, -0.15) is 0 Å². The molecule has 0 spiro atoms. The molecule has 1 unspecified atom stereocenters. The van der Waals surface area contributed by atoms with E-state index in [1.165, 1.54) is 16.1 Å². The fourth-order valence-electron chi connectivity index (χ4n) is 3.22. The van der Waals surface area contributed by atoms with Gasteiger partial charge in [-0.25, -0.2) is 0 Å². The van der Waals surface area contributed by atoms with E-state index in [-0.39, 0.29) is 6.04 Å². The Hall–Kier alpha value is -2.11. The van der Waals surface area contributed by atoms with Crippen molar-refractivity contribution < 1.29 is 0 Å². The van der Waals surface area contributed by atoms with Crippen LogP contribution in [0, 0.1) is 0 Å². The molecule has 3 aromatic rings. The average Bonchev–Trinajstić information content (AvgIpc) is 3.31. The van der Waals surface area contributed by atoms with Crippen LogP contribution in [0.4, 0.5) is 0 Å². The Labute approximate surface area is 151 Å². The Kier molecular flexibility index (Phi) is 4.36. The number of thiocarbonyl (C=S) groups is 1. The van der Waals surface area contributed by atoms with E-state index in [1.54, 1.807) is 11.3 Å². The highest BCUT2D eigenvalue weighted by Gasteiger charge is 2.30. The van der Waals surface area contributed by atoms with Crippen molar-refractivity contribution in [3.8, 4) is 0 Å². The molecule has 0 radical (unpaired) electrons. The SMILES string of the molecule is S=C(NCc1ccccc1)N1CCn2cccc2C1c1cccs1. The number of aromatic nitrogens is 1. The molecule has 0 saturated carbocycles. The minimum absolute atomic E-state index is 0.199. The number of rotatable bonds is 3. The number of fused-ring (bicyclic) bond motifs is 1. The molecular formula is C19H19N3S2. The summed E-state index contributed by atoms with van der Waals surface area (Å²) in [5, 5.41) is 6.39. The number of nitrogens with one attached hydrogen (secondary N) is 1. The van der Waals surface area contributed by atoms with E-state index in [1.807, 2.05) is 6.07 Å². The topological polar surface area (TPSA) is 20.2 Å². The molecule has 0 saturated heterocycles. The van der Waals surface area contributed by atoms with Crippen LogP contribution < -0.4 is 5.32 Å². The van der Waals surface area contributed by atoms with E-state index in [0.717, 1.165) is 24.7 Å². The van der Waals surface area contributed by atoms with Crippen molar-refractivity contribution >= 4 is 28.7 Å². The molecule has 0 bridgehead atoms. The van der Waals surface area contributed by atoms with Crippen LogP contribution in [0.3, 0.4) is 0 Å².